The van der Waals surface area contributed by atoms with Gasteiger partial charge in [-0.15, -0.1) is 0 Å². The molecule has 0 fully saturated rings. The summed E-state index contributed by atoms with van der Waals surface area (Å²) in [6.07, 6.45) is 1.98. The summed E-state index contributed by atoms with van der Waals surface area (Å²) in [5, 5.41) is 1.13. The van der Waals surface area contributed by atoms with Crippen LogP contribution in [0.1, 0.15) is 39.9 Å². The van der Waals surface area contributed by atoms with Crippen molar-refractivity contribution in [2.24, 2.45) is 0 Å². The molecular formula is C17H24N4. The smallest absolute Gasteiger partial charge is 0.152 e. The molecule has 4 heteroatoms. The molecule has 3 rings (SSSR count). The molecule has 0 aliphatic rings. The third kappa shape index (κ3) is 2.58. The number of hydrogen-bond acceptors (Lipinski definition) is 3. The third-order valence-electron chi connectivity index (χ3n) is 3.45. The van der Waals surface area contributed by atoms with Gasteiger partial charge >= 0.3 is 0 Å². The van der Waals surface area contributed by atoms with Crippen LogP contribution < -0.4 is 5.73 Å². The van der Waals surface area contributed by atoms with Gasteiger partial charge in [-0.2, -0.15) is 0 Å². The number of nitrogens with two attached hydrogens (primary N) is 1. The van der Waals surface area contributed by atoms with E-state index in [-0.39, 0.29) is 0 Å². The van der Waals surface area contributed by atoms with Crippen molar-refractivity contribution in [3.8, 4) is 0 Å². The Morgan fingerprint density at radius 1 is 1.10 bits per heavy atom. The lowest BCUT2D eigenvalue weighted by Gasteiger charge is -2.08. The molecule has 3 aromatic rings. The largest absolute Gasteiger partial charge is 0.382 e. The van der Waals surface area contributed by atoms with E-state index in [1.807, 2.05) is 32.0 Å². The van der Waals surface area contributed by atoms with Crippen molar-refractivity contribution in [1.82, 2.24) is 14.5 Å². The number of pyridine rings is 1. The van der Waals surface area contributed by atoms with Crippen molar-refractivity contribution in [2.75, 3.05) is 5.73 Å². The number of nitrogens with zero attached hydrogens (tertiary/aromatic N) is 3. The van der Waals surface area contributed by atoms with Crippen LogP contribution in [-0.4, -0.2) is 14.5 Å². The summed E-state index contributed by atoms with van der Waals surface area (Å²) in [6.45, 7) is 9.27. The fourth-order valence-electron chi connectivity index (χ4n) is 2.64. The fraction of sp³-hybridized carbons (Fsp3) is 0.412. The van der Waals surface area contributed by atoms with E-state index in [9.17, 15) is 0 Å². The lowest BCUT2D eigenvalue weighted by Crippen LogP contribution is -2.02. The first-order valence-corrected chi connectivity index (χ1v) is 7.79. The quantitative estimate of drug-likeness (QED) is 0.785. The van der Waals surface area contributed by atoms with E-state index in [0.29, 0.717) is 5.82 Å². The van der Waals surface area contributed by atoms with E-state index in [2.05, 4.69) is 34.4 Å². The van der Waals surface area contributed by atoms with Crippen molar-refractivity contribution in [1.29, 1.82) is 0 Å². The molecule has 0 atom stereocenters. The normalized spacial score (nSPS) is 10.7. The van der Waals surface area contributed by atoms with Crippen LogP contribution in [0.2, 0.25) is 0 Å². The summed E-state index contributed by atoms with van der Waals surface area (Å²) in [7, 11) is 0. The minimum Gasteiger partial charge on any atom is -0.382 e. The van der Waals surface area contributed by atoms with Gasteiger partial charge in [0.15, 0.2) is 5.82 Å². The number of rotatable bonds is 3. The molecule has 0 radical (unpaired) electrons. The van der Waals surface area contributed by atoms with Gasteiger partial charge in [-0.1, -0.05) is 45.9 Å². The number of aryl methyl sites for hydroxylation is 2. The van der Waals surface area contributed by atoms with Crippen LogP contribution >= 0.6 is 0 Å². The Balaban J connectivity index is 0.000000774. The number of para-hydroxylation sites is 1. The summed E-state index contributed by atoms with van der Waals surface area (Å²) in [5.41, 5.74) is 8.97. The maximum Gasteiger partial charge on any atom is 0.152 e. The van der Waals surface area contributed by atoms with Crippen LogP contribution in [0.4, 0.5) is 5.82 Å². The van der Waals surface area contributed by atoms with Crippen molar-refractivity contribution in [3.63, 3.8) is 0 Å². The molecular weight excluding hydrogens is 260 g/mol. The number of imidazole rings is 1. The molecule has 0 saturated carbocycles. The van der Waals surface area contributed by atoms with Crippen molar-refractivity contribution >= 4 is 27.8 Å². The molecule has 0 spiro atoms. The van der Waals surface area contributed by atoms with Gasteiger partial charge in [-0.05, 0) is 12.5 Å². The average Bonchev–Trinajstić information content (AvgIpc) is 2.90. The van der Waals surface area contributed by atoms with Crippen LogP contribution in [0.15, 0.2) is 24.3 Å². The van der Waals surface area contributed by atoms with Gasteiger partial charge in [-0.3, -0.25) is 0 Å². The van der Waals surface area contributed by atoms with E-state index < -0.39 is 0 Å². The third-order valence-corrected chi connectivity index (χ3v) is 3.45. The lowest BCUT2D eigenvalue weighted by atomic mass is 10.2. The number of aromatic nitrogens is 3. The first kappa shape index (κ1) is 15.3. The Hall–Kier alpha value is -2.10. The predicted octanol–water partition coefficient (Wildman–Crippen LogP) is 4.17. The zero-order valence-corrected chi connectivity index (χ0v) is 13.3. The Morgan fingerprint density at radius 3 is 2.48 bits per heavy atom. The summed E-state index contributed by atoms with van der Waals surface area (Å²) in [6, 6.07) is 8.12. The molecule has 21 heavy (non-hydrogen) atoms. The van der Waals surface area contributed by atoms with Gasteiger partial charge in [0.1, 0.15) is 11.3 Å². The SMILES string of the molecule is CC.CCCn1c(CC)nc2c(N)nc3ccccc3c21. The summed E-state index contributed by atoms with van der Waals surface area (Å²) in [5.74, 6) is 1.61. The first-order valence-electron chi connectivity index (χ1n) is 7.79. The van der Waals surface area contributed by atoms with Gasteiger partial charge in [0.05, 0.1) is 11.0 Å². The second kappa shape index (κ2) is 6.57. The average molecular weight is 284 g/mol. The lowest BCUT2D eigenvalue weighted by molar-refractivity contribution is 0.661. The van der Waals surface area contributed by atoms with Crippen LogP contribution in [0.3, 0.4) is 0 Å². The standard InChI is InChI=1S/C15H18N4.C2H6/c1-3-9-19-12(4-2)18-13-14(19)10-7-5-6-8-11(10)17-15(13)16;1-2/h5-8H,3-4,9H2,1-2H3,(H2,16,17);1-2H3. The Labute approximate surface area is 126 Å². The Kier molecular flexibility index (Phi) is 4.78. The highest BCUT2D eigenvalue weighted by atomic mass is 15.1. The molecule has 0 aliphatic heterocycles. The molecule has 0 aliphatic carbocycles. The second-order valence-electron chi connectivity index (χ2n) is 4.74. The number of benzene rings is 1. The number of fused-ring (bicyclic) bond motifs is 3. The van der Waals surface area contributed by atoms with Crippen molar-refractivity contribution in [3.05, 3.63) is 30.1 Å². The van der Waals surface area contributed by atoms with Crippen LogP contribution in [0.25, 0.3) is 21.9 Å². The Morgan fingerprint density at radius 2 is 1.81 bits per heavy atom. The van der Waals surface area contributed by atoms with E-state index in [0.717, 1.165) is 47.1 Å². The maximum absolute atomic E-state index is 6.07. The highest BCUT2D eigenvalue weighted by molar-refractivity contribution is 6.06. The zero-order valence-electron chi connectivity index (χ0n) is 13.3. The highest BCUT2D eigenvalue weighted by Crippen LogP contribution is 2.28. The van der Waals surface area contributed by atoms with Crippen LogP contribution in [0, 0.1) is 0 Å². The molecule has 4 nitrogen and oxygen atoms in total. The minimum absolute atomic E-state index is 0.526. The monoisotopic (exact) mass is 284 g/mol. The topological polar surface area (TPSA) is 56.7 Å². The van der Waals surface area contributed by atoms with Crippen LogP contribution in [-0.2, 0) is 13.0 Å². The number of anilines is 1. The van der Waals surface area contributed by atoms with E-state index in [4.69, 9.17) is 5.73 Å². The number of nitrogen functional groups attached to an aromatic ring is 1. The fourth-order valence-corrected chi connectivity index (χ4v) is 2.64. The van der Waals surface area contributed by atoms with Gasteiger partial charge in [0.25, 0.3) is 0 Å². The minimum atomic E-state index is 0.526. The van der Waals surface area contributed by atoms with E-state index >= 15 is 0 Å². The summed E-state index contributed by atoms with van der Waals surface area (Å²) >= 11 is 0. The van der Waals surface area contributed by atoms with Gasteiger partial charge in [-0.25, -0.2) is 9.97 Å². The molecule has 0 unspecified atom stereocenters. The molecule has 0 amide bonds. The van der Waals surface area contributed by atoms with Gasteiger partial charge < -0.3 is 10.3 Å². The Bertz CT molecular complexity index is 743. The molecule has 0 saturated heterocycles. The second-order valence-corrected chi connectivity index (χ2v) is 4.74. The molecule has 0 bridgehead atoms. The van der Waals surface area contributed by atoms with Gasteiger partial charge in [0.2, 0.25) is 0 Å². The molecule has 2 aromatic heterocycles. The van der Waals surface area contributed by atoms with Crippen LogP contribution in [0.5, 0.6) is 0 Å². The van der Waals surface area contributed by atoms with E-state index in [1.54, 1.807) is 0 Å². The first-order chi connectivity index (χ1) is 10.3. The summed E-state index contributed by atoms with van der Waals surface area (Å²) < 4.78 is 2.29. The summed E-state index contributed by atoms with van der Waals surface area (Å²) in [4.78, 5) is 9.13. The molecule has 2 N–H and O–H groups in total. The van der Waals surface area contributed by atoms with Gasteiger partial charge in [0, 0.05) is 18.4 Å². The van der Waals surface area contributed by atoms with E-state index in [1.165, 1.54) is 0 Å². The zero-order chi connectivity index (χ0) is 15.4. The predicted molar refractivity (Wildman–Crippen MR) is 90.5 cm³/mol. The molecule has 2 heterocycles. The van der Waals surface area contributed by atoms with Crippen molar-refractivity contribution in [2.45, 2.75) is 47.1 Å². The molecule has 1 aromatic carbocycles. The molecule has 112 valence electrons. The maximum atomic E-state index is 6.07. The van der Waals surface area contributed by atoms with Crippen molar-refractivity contribution < 1.29 is 0 Å². The highest BCUT2D eigenvalue weighted by Gasteiger charge is 2.15. The number of hydrogen-bond donors (Lipinski definition) is 1.